The first-order valence-corrected chi connectivity index (χ1v) is 11.0. The molecule has 0 saturated heterocycles. The second-order valence-electron chi connectivity index (χ2n) is 7.20. The van der Waals surface area contributed by atoms with E-state index in [9.17, 15) is 19.8 Å². The van der Waals surface area contributed by atoms with E-state index in [2.05, 4.69) is 10.2 Å². The molecule has 4 aromatic rings. The zero-order valence-corrected chi connectivity index (χ0v) is 20.2. The van der Waals surface area contributed by atoms with E-state index in [4.69, 9.17) is 15.2 Å². The lowest BCUT2D eigenvalue weighted by Crippen LogP contribution is -2.17. The van der Waals surface area contributed by atoms with Gasteiger partial charge in [-0.1, -0.05) is 26.0 Å². The first-order valence-electron chi connectivity index (χ1n) is 11.0. The van der Waals surface area contributed by atoms with E-state index in [0.717, 1.165) is 6.07 Å². The number of carbonyl (C=O) groups is 2. The van der Waals surface area contributed by atoms with E-state index in [1.165, 1.54) is 24.9 Å². The molecule has 0 saturated carbocycles. The molecule has 0 unspecified atom stereocenters. The average Bonchev–Trinajstić information content (AvgIpc) is 3.35. The summed E-state index contributed by atoms with van der Waals surface area (Å²) in [5.41, 5.74) is 7.26. The Balaban J connectivity index is 0.00000176. The lowest BCUT2D eigenvalue weighted by atomic mass is 9.99. The topological polar surface area (TPSA) is 150 Å². The summed E-state index contributed by atoms with van der Waals surface area (Å²) in [6.45, 7) is 4.00. The van der Waals surface area contributed by atoms with Gasteiger partial charge >= 0.3 is 5.97 Å². The zero-order chi connectivity index (χ0) is 26.4. The second kappa shape index (κ2) is 11.0. The molecular formula is C26H26N4O6. The molecule has 0 aliphatic heterocycles. The third-order valence-electron chi connectivity index (χ3n) is 5.16. The number of primary amides is 1. The Morgan fingerprint density at radius 1 is 0.889 bits per heavy atom. The van der Waals surface area contributed by atoms with Crippen LogP contribution in [0, 0.1) is 0 Å². The lowest BCUT2D eigenvalue weighted by Gasteiger charge is -2.13. The van der Waals surface area contributed by atoms with E-state index in [0.29, 0.717) is 22.6 Å². The number of hydrogen-bond acceptors (Lipinski definition) is 8. The molecule has 0 aliphatic carbocycles. The first kappa shape index (κ1) is 25.8. The van der Waals surface area contributed by atoms with Crippen LogP contribution < -0.4 is 10.5 Å². The molecule has 4 N–H and O–H groups in total. The van der Waals surface area contributed by atoms with Gasteiger partial charge in [-0.2, -0.15) is 0 Å². The van der Waals surface area contributed by atoms with Crippen LogP contribution in [0.4, 0.5) is 0 Å². The van der Waals surface area contributed by atoms with Crippen molar-refractivity contribution in [3.05, 3.63) is 72.1 Å². The number of nitrogens with two attached hydrogens (primary N) is 1. The number of hydrogen-bond donors (Lipinski definition) is 3. The molecule has 0 spiro atoms. The van der Waals surface area contributed by atoms with Crippen LogP contribution in [0.5, 0.6) is 17.2 Å². The number of amides is 1. The first-order chi connectivity index (χ1) is 17.3. The Kier molecular flexibility index (Phi) is 7.90. The average molecular weight is 491 g/mol. The Morgan fingerprint density at radius 3 is 2.17 bits per heavy atom. The summed E-state index contributed by atoms with van der Waals surface area (Å²) in [5, 5.41) is 29.2. The normalized spacial score (nSPS) is 10.2. The van der Waals surface area contributed by atoms with Gasteiger partial charge in [0.05, 0.1) is 25.3 Å². The molecule has 0 radical (unpaired) electrons. The van der Waals surface area contributed by atoms with Gasteiger partial charge in [-0.15, -0.1) is 10.2 Å². The number of nitrogens with zero attached hydrogens (tertiary/aromatic N) is 3. The highest BCUT2D eigenvalue weighted by Gasteiger charge is 2.23. The van der Waals surface area contributed by atoms with Crippen molar-refractivity contribution >= 4 is 11.9 Å². The number of phenols is 2. The van der Waals surface area contributed by atoms with Crippen LogP contribution in [0.1, 0.15) is 34.8 Å². The van der Waals surface area contributed by atoms with Gasteiger partial charge < -0.3 is 25.4 Å². The highest BCUT2D eigenvalue weighted by atomic mass is 16.5. The molecule has 10 heteroatoms. The number of ether oxygens (including phenoxy) is 2. The fourth-order valence-corrected chi connectivity index (χ4v) is 3.51. The highest BCUT2D eigenvalue weighted by molar-refractivity contribution is 5.92. The Morgan fingerprint density at radius 2 is 1.56 bits per heavy atom. The molecule has 186 valence electrons. The Labute approximate surface area is 207 Å². The van der Waals surface area contributed by atoms with Gasteiger partial charge in [-0.05, 0) is 48.0 Å². The maximum Gasteiger partial charge on any atom is 0.337 e. The van der Waals surface area contributed by atoms with E-state index < -0.39 is 11.9 Å². The largest absolute Gasteiger partial charge is 0.507 e. The molecule has 4 rings (SSSR count). The third-order valence-corrected chi connectivity index (χ3v) is 5.16. The summed E-state index contributed by atoms with van der Waals surface area (Å²) in [7, 11) is 2.80. The highest BCUT2D eigenvalue weighted by Crippen LogP contribution is 2.40. The smallest absolute Gasteiger partial charge is 0.337 e. The number of esters is 1. The summed E-state index contributed by atoms with van der Waals surface area (Å²) in [4.78, 5) is 24.0. The molecule has 36 heavy (non-hydrogen) atoms. The summed E-state index contributed by atoms with van der Waals surface area (Å²) >= 11 is 0. The Hall–Kier alpha value is -4.86. The molecular weight excluding hydrogens is 464 g/mol. The molecule has 0 bridgehead atoms. The van der Waals surface area contributed by atoms with Crippen molar-refractivity contribution in [1.82, 2.24) is 14.8 Å². The van der Waals surface area contributed by atoms with Gasteiger partial charge in [0.1, 0.15) is 17.2 Å². The van der Waals surface area contributed by atoms with Crippen molar-refractivity contribution in [2.75, 3.05) is 14.2 Å². The number of aromatic hydroxyl groups is 2. The predicted octanol–water partition coefficient (Wildman–Crippen LogP) is 3.93. The number of methoxy groups -OCH3 is 2. The fraction of sp³-hybridized carbons (Fsp3) is 0.154. The van der Waals surface area contributed by atoms with Crippen LogP contribution >= 0.6 is 0 Å². The molecule has 0 fully saturated rings. The molecule has 0 atom stereocenters. The standard InChI is InChI=1S/C24H20N4O6.C2H6/c1-33-16-8-6-15(7-9-16)28-22(26-27-23(28)21(25)31)18-11-17(19(29)12-20(18)30)13-4-3-5-14(10-13)24(32)34-2;1-2/h3-12,29-30H,1-2H3,(H2,25,31);1-2H3. The number of aromatic nitrogens is 3. The van der Waals surface area contributed by atoms with Gasteiger partial charge in [0.2, 0.25) is 5.82 Å². The number of phenolic OH excluding ortho intramolecular Hbond substituents is 2. The SMILES string of the molecule is CC.COC(=O)c1cccc(-c2cc(-c3nnc(C(N)=O)n3-c3ccc(OC)cc3)c(O)cc2O)c1. The predicted molar refractivity (Wildman–Crippen MR) is 133 cm³/mol. The molecule has 1 aromatic heterocycles. The quantitative estimate of drug-likeness (QED) is 0.344. The van der Waals surface area contributed by atoms with Crippen molar-refractivity contribution in [2.45, 2.75) is 13.8 Å². The van der Waals surface area contributed by atoms with Crippen LogP contribution in [0.2, 0.25) is 0 Å². The van der Waals surface area contributed by atoms with E-state index in [1.807, 2.05) is 13.8 Å². The zero-order valence-electron chi connectivity index (χ0n) is 20.2. The minimum atomic E-state index is -0.821. The lowest BCUT2D eigenvalue weighted by molar-refractivity contribution is 0.0600. The fourth-order valence-electron chi connectivity index (χ4n) is 3.51. The minimum Gasteiger partial charge on any atom is -0.507 e. The minimum absolute atomic E-state index is 0.113. The second-order valence-corrected chi connectivity index (χ2v) is 7.20. The van der Waals surface area contributed by atoms with Gasteiger partial charge in [0.15, 0.2) is 5.82 Å². The van der Waals surface area contributed by atoms with E-state index >= 15 is 0 Å². The number of carbonyl (C=O) groups excluding carboxylic acids is 2. The van der Waals surface area contributed by atoms with E-state index in [1.54, 1.807) is 48.5 Å². The van der Waals surface area contributed by atoms with Crippen LogP contribution in [0.15, 0.2) is 60.7 Å². The maximum absolute atomic E-state index is 12.0. The monoisotopic (exact) mass is 490 g/mol. The molecule has 10 nitrogen and oxygen atoms in total. The van der Waals surface area contributed by atoms with Gasteiger partial charge in [-0.25, -0.2) is 4.79 Å². The number of rotatable bonds is 6. The van der Waals surface area contributed by atoms with Gasteiger partial charge in [0.25, 0.3) is 5.91 Å². The third kappa shape index (κ3) is 4.97. The van der Waals surface area contributed by atoms with E-state index in [-0.39, 0.29) is 34.3 Å². The van der Waals surface area contributed by atoms with Crippen LogP contribution in [0.3, 0.4) is 0 Å². The van der Waals surface area contributed by atoms with Crippen molar-refractivity contribution in [3.8, 4) is 45.5 Å². The van der Waals surface area contributed by atoms with Crippen molar-refractivity contribution in [1.29, 1.82) is 0 Å². The summed E-state index contributed by atoms with van der Waals surface area (Å²) in [5.74, 6) is -1.33. The van der Waals surface area contributed by atoms with Gasteiger partial charge in [-0.3, -0.25) is 9.36 Å². The van der Waals surface area contributed by atoms with Crippen LogP contribution in [-0.4, -0.2) is 51.1 Å². The van der Waals surface area contributed by atoms with Crippen LogP contribution in [0.25, 0.3) is 28.2 Å². The molecule has 1 amide bonds. The molecule has 0 aliphatic rings. The van der Waals surface area contributed by atoms with Crippen molar-refractivity contribution in [2.24, 2.45) is 5.73 Å². The summed E-state index contributed by atoms with van der Waals surface area (Å²) in [6, 6.07) is 15.8. The number of benzene rings is 3. The van der Waals surface area contributed by atoms with Crippen molar-refractivity contribution in [3.63, 3.8) is 0 Å². The van der Waals surface area contributed by atoms with Crippen LogP contribution in [-0.2, 0) is 4.74 Å². The van der Waals surface area contributed by atoms with Gasteiger partial charge in [0, 0.05) is 17.3 Å². The Bertz CT molecular complexity index is 1400. The molecule has 3 aromatic carbocycles. The van der Waals surface area contributed by atoms with Crippen molar-refractivity contribution < 1.29 is 29.3 Å². The molecule has 1 heterocycles. The summed E-state index contributed by atoms with van der Waals surface area (Å²) in [6.07, 6.45) is 0. The maximum atomic E-state index is 12.0. The summed E-state index contributed by atoms with van der Waals surface area (Å²) < 4.78 is 11.3.